The van der Waals surface area contributed by atoms with Crippen molar-refractivity contribution in [2.24, 2.45) is 0 Å². The quantitative estimate of drug-likeness (QED) is 0.571. The van der Waals surface area contributed by atoms with Crippen LogP contribution in [-0.2, 0) is 23.0 Å². The highest BCUT2D eigenvalue weighted by Crippen LogP contribution is 2.18. The molecule has 6 heteroatoms. The first-order valence-corrected chi connectivity index (χ1v) is 10.9. The first-order chi connectivity index (χ1) is 14.1. The molecular formula is C23H25NO4S. The zero-order valence-corrected chi connectivity index (χ0v) is 17.5. The van der Waals surface area contributed by atoms with Crippen LogP contribution in [0.15, 0.2) is 70.0 Å². The van der Waals surface area contributed by atoms with Crippen LogP contribution in [0.1, 0.15) is 34.4 Å². The van der Waals surface area contributed by atoms with Gasteiger partial charge in [-0.1, -0.05) is 30.3 Å². The van der Waals surface area contributed by atoms with Gasteiger partial charge < -0.3 is 14.5 Å². The van der Waals surface area contributed by atoms with Gasteiger partial charge >= 0.3 is 0 Å². The number of nitrogens with one attached hydrogen (secondary N) is 1. The van der Waals surface area contributed by atoms with Gasteiger partial charge in [0.25, 0.3) is 5.91 Å². The molecule has 5 nitrogen and oxygen atoms in total. The fraction of sp³-hybridized carbons (Fsp3) is 0.261. The Bertz CT molecular complexity index is 979. The molecule has 1 heterocycles. The second kappa shape index (κ2) is 10.1. The van der Waals surface area contributed by atoms with Crippen LogP contribution in [0.3, 0.4) is 0 Å². The van der Waals surface area contributed by atoms with E-state index in [0.717, 1.165) is 21.8 Å². The highest BCUT2D eigenvalue weighted by Gasteiger charge is 2.14. The molecule has 1 amide bonds. The standard InChI is InChI=1S/C23H25NO4S/c1-3-27-19-10-8-18(9-11-19)14-15-24-23(25)21-13-12-20(28-21)16-29(26)22-7-5-4-6-17(22)2/h4-13H,3,14-16H2,1-2H3,(H,24,25)/t29-/m0/s1. The van der Waals surface area contributed by atoms with Crippen LogP contribution in [0.4, 0.5) is 0 Å². The van der Waals surface area contributed by atoms with E-state index in [0.29, 0.717) is 25.3 Å². The zero-order valence-electron chi connectivity index (χ0n) is 16.6. The lowest BCUT2D eigenvalue weighted by Crippen LogP contribution is -2.25. The average Bonchev–Trinajstić information content (AvgIpc) is 3.18. The van der Waals surface area contributed by atoms with Gasteiger partial charge in [-0.25, -0.2) is 0 Å². The van der Waals surface area contributed by atoms with E-state index in [1.54, 1.807) is 12.1 Å². The fourth-order valence-electron chi connectivity index (χ4n) is 2.92. The van der Waals surface area contributed by atoms with Crippen LogP contribution >= 0.6 is 0 Å². The van der Waals surface area contributed by atoms with Crippen LogP contribution in [-0.4, -0.2) is 23.3 Å². The lowest BCUT2D eigenvalue weighted by Gasteiger charge is -2.06. The summed E-state index contributed by atoms with van der Waals surface area (Å²) in [4.78, 5) is 13.1. The normalized spacial score (nSPS) is 11.8. The molecule has 0 aliphatic rings. The van der Waals surface area contributed by atoms with E-state index in [-0.39, 0.29) is 17.4 Å². The van der Waals surface area contributed by atoms with Gasteiger partial charge in [-0.05, 0) is 61.7 Å². The van der Waals surface area contributed by atoms with Crippen molar-refractivity contribution < 1.29 is 18.2 Å². The third kappa shape index (κ3) is 5.81. The average molecular weight is 412 g/mol. The van der Waals surface area contributed by atoms with Gasteiger partial charge in [-0.15, -0.1) is 0 Å². The number of ether oxygens (including phenoxy) is 1. The molecule has 0 aliphatic carbocycles. The van der Waals surface area contributed by atoms with Crippen molar-refractivity contribution >= 4 is 16.7 Å². The lowest BCUT2D eigenvalue weighted by molar-refractivity contribution is 0.0925. The Morgan fingerprint density at radius 2 is 1.83 bits per heavy atom. The van der Waals surface area contributed by atoms with E-state index in [1.165, 1.54) is 0 Å². The second-order valence-electron chi connectivity index (χ2n) is 6.60. The molecule has 152 valence electrons. The molecule has 2 aromatic carbocycles. The molecule has 0 spiro atoms. The summed E-state index contributed by atoms with van der Waals surface area (Å²) in [6, 6.07) is 18.7. The minimum Gasteiger partial charge on any atom is -0.494 e. The Morgan fingerprint density at radius 1 is 1.07 bits per heavy atom. The Hall–Kier alpha value is -2.86. The lowest BCUT2D eigenvalue weighted by atomic mass is 10.1. The third-order valence-electron chi connectivity index (χ3n) is 4.43. The zero-order chi connectivity index (χ0) is 20.6. The van der Waals surface area contributed by atoms with Gasteiger partial charge in [0.15, 0.2) is 5.76 Å². The number of benzene rings is 2. The summed E-state index contributed by atoms with van der Waals surface area (Å²) < 4.78 is 23.6. The number of carbonyl (C=O) groups excluding carboxylic acids is 1. The van der Waals surface area contributed by atoms with Crippen molar-refractivity contribution in [3.63, 3.8) is 0 Å². The van der Waals surface area contributed by atoms with Gasteiger partial charge in [0.05, 0.1) is 23.2 Å². The summed E-state index contributed by atoms with van der Waals surface area (Å²) in [6.07, 6.45) is 0.711. The molecule has 1 N–H and O–H groups in total. The van der Waals surface area contributed by atoms with Crippen LogP contribution < -0.4 is 10.1 Å². The van der Waals surface area contributed by atoms with Crippen LogP contribution in [0, 0.1) is 6.92 Å². The van der Waals surface area contributed by atoms with Gasteiger partial charge in [0.2, 0.25) is 0 Å². The highest BCUT2D eigenvalue weighted by atomic mass is 32.2. The van der Waals surface area contributed by atoms with Gasteiger partial charge in [-0.2, -0.15) is 0 Å². The van der Waals surface area contributed by atoms with E-state index in [4.69, 9.17) is 9.15 Å². The summed E-state index contributed by atoms with van der Waals surface area (Å²) >= 11 is 0. The topological polar surface area (TPSA) is 68.5 Å². The number of carbonyl (C=O) groups is 1. The fourth-order valence-corrected chi connectivity index (χ4v) is 4.15. The maximum absolute atomic E-state index is 12.5. The molecule has 3 aromatic rings. The smallest absolute Gasteiger partial charge is 0.287 e. The predicted octanol–water partition coefficient (Wildman–Crippen LogP) is 4.27. The number of furan rings is 1. The van der Waals surface area contributed by atoms with E-state index in [9.17, 15) is 9.00 Å². The van der Waals surface area contributed by atoms with E-state index < -0.39 is 10.8 Å². The van der Waals surface area contributed by atoms with Gasteiger partial charge in [0, 0.05) is 11.4 Å². The van der Waals surface area contributed by atoms with Crippen LogP contribution in [0.25, 0.3) is 0 Å². The van der Waals surface area contributed by atoms with Crippen LogP contribution in [0.5, 0.6) is 5.75 Å². The van der Waals surface area contributed by atoms with Crippen molar-refractivity contribution in [3.05, 3.63) is 83.3 Å². The molecule has 0 radical (unpaired) electrons. The molecule has 0 unspecified atom stereocenters. The molecule has 0 bridgehead atoms. The van der Waals surface area contributed by atoms with Crippen molar-refractivity contribution in [1.29, 1.82) is 0 Å². The molecule has 29 heavy (non-hydrogen) atoms. The molecule has 0 saturated heterocycles. The predicted molar refractivity (Wildman–Crippen MR) is 114 cm³/mol. The van der Waals surface area contributed by atoms with Crippen molar-refractivity contribution in [3.8, 4) is 5.75 Å². The Morgan fingerprint density at radius 3 is 2.55 bits per heavy atom. The maximum Gasteiger partial charge on any atom is 0.287 e. The summed E-state index contributed by atoms with van der Waals surface area (Å²) in [5.41, 5.74) is 2.09. The summed E-state index contributed by atoms with van der Waals surface area (Å²) in [5.74, 6) is 1.57. The number of rotatable bonds is 9. The summed E-state index contributed by atoms with van der Waals surface area (Å²) in [6.45, 7) is 5.01. The molecular weight excluding hydrogens is 386 g/mol. The van der Waals surface area contributed by atoms with E-state index >= 15 is 0 Å². The van der Waals surface area contributed by atoms with E-state index in [2.05, 4.69) is 5.32 Å². The SMILES string of the molecule is CCOc1ccc(CCNC(=O)c2ccc(C[S@](=O)c3ccccc3C)o2)cc1. The number of amides is 1. The van der Waals surface area contributed by atoms with Crippen molar-refractivity contribution in [1.82, 2.24) is 5.32 Å². The largest absolute Gasteiger partial charge is 0.494 e. The van der Waals surface area contributed by atoms with Gasteiger partial charge in [0.1, 0.15) is 11.5 Å². The minimum atomic E-state index is -1.22. The molecule has 0 fully saturated rings. The number of hydrogen-bond acceptors (Lipinski definition) is 4. The van der Waals surface area contributed by atoms with Gasteiger partial charge in [-0.3, -0.25) is 9.00 Å². The number of hydrogen-bond donors (Lipinski definition) is 1. The molecule has 1 atom stereocenters. The van der Waals surface area contributed by atoms with Crippen molar-refractivity contribution in [2.75, 3.05) is 13.2 Å². The first kappa shape index (κ1) is 20.9. The number of aryl methyl sites for hydroxylation is 1. The molecule has 3 rings (SSSR count). The molecule has 1 aromatic heterocycles. The highest BCUT2D eigenvalue weighted by molar-refractivity contribution is 7.84. The Labute approximate surface area is 173 Å². The Kier molecular flexibility index (Phi) is 7.25. The molecule has 0 saturated carbocycles. The van der Waals surface area contributed by atoms with Crippen LogP contribution in [0.2, 0.25) is 0 Å². The Balaban J connectivity index is 1.50. The maximum atomic E-state index is 12.5. The monoisotopic (exact) mass is 411 g/mol. The van der Waals surface area contributed by atoms with Crippen molar-refractivity contribution in [2.45, 2.75) is 30.9 Å². The summed E-state index contributed by atoms with van der Waals surface area (Å²) in [5, 5.41) is 2.85. The molecule has 0 aliphatic heterocycles. The second-order valence-corrected chi connectivity index (χ2v) is 8.02. The van der Waals surface area contributed by atoms with E-state index in [1.807, 2.05) is 62.4 Å². The summed E-state index contributed by atoms with van der Waals surface area (Å²) in [7, 11) is -1.22. The third-order valence-corrected chi connectivity index (χ3v) is 5.93. The first-order valence-electron chi connectivity index (χ1n) is 9.59. The minimum absolute atomic E-state index is 0.230.